The lowest BCUT2D eigenvalue weighted by atomic mass is 10.1. The zero-order valence-corrected chi connectivity index (χ0v) is 16.4. The Morgan fingerprint density at radius 1 is 0.929 bits per heavy atom. The van der Waals surface area contributed by atoms with Crippen LogP contribution >= 0.6 is 0 Å². The van der Waals surface area contributed by atoms with Crippen LogP contribution in [0, 0.1) is 0 Å². The predicted octanol–water partition coefficient (Wildman–Crippen LogP) is 2.25. The molecule has 3 rings (SSSR count). The minimum absolute atomic E-state index is 0.413. The smallest absolute Gasteiger partial charge is 0.248 e. The Hall–Kier alpha value is -2.86. The molecule has 0 unspecified atom stereocenters. The van der Waals surface area contributed by atoms with Gasteiger partial charge in [-0.25, -0.2) is 0 Å². The lowest BCUT2D eigenvalue weighted by molar-refractivity contribution is 0.100. The number of likely N-dealkylation sites (tertiary alicyclic amines) is 1. The number of primary amides is 1. The van der Waals surface area contributed by atoms with Crippen molar-refractivity contribution in [3.05, 3.63) is 70.8 Å². The standard InChI is InChI=1S/C22H29N5O/c1-24-22(26-15-18-8-10-20(11-9-18)21(23)28)25-14-17-4-6-19(7-5-17)16-27-12-2-3-13-27/h4-11H,2-3,12-16H2,1H3,(H2,23,28)(H2,24,25,26). The van der Waals surface area contributed by atoms with Gasteiger partial charge in [0, 0.05) is 32.2 Å². The van der Waals surface area contributed by atoms with Crippen LogP contribution in [0.4, 0.5) is 0 Å². The van der Waals surface area contributed by atoms with E-state index in [4.69, 9.17) is 5.73 Å². The summed E-state index contributed by atoms with van der Waals surface area (Å²) in [5.41, 5.74) is 9.42. The third-order valence-electron chi connectivity index (χ3n) is 5.01. The first-order valence-corrected chi connectivity index (χ1v) is 9.77. The van der Waals surface area contributed by atoms with Crippen LogP contribution in [0.15, 0.2) is 53.5 Å². The molecular weight excluding hydrogens is 350 g/mol. The number of guanidine groups is 1. The molecule has 0 aliphatic carbocycles. The van der Waals surface area contributed by atoms with Crippen LogP contribution in [-0.2, 0) is 19.6 Å². The van der Waals surface area contributed by atoms with Crippen molar-refractivity contribution in [1.82, 2.24) is 15.5 Å². The quantitative estimate of drug-likeness (QED) is 0.509. The second-order valence-corrected chi connectivity index (χ2v) is 7.14. The van der Waals surface area contributed by atoms with Gasteiger partial charge in [0.2, 0.25) is 5.91 Å². The highest BCUT2D eigenvalue weighted by Gasteiger charge is 2.11. The average molecular weight is 380 g/mol. The Kier molecular flexibility index (Phi) is 7.03. The number of nitrogens with one attached hydrogen (secondary N) is 2. The summed E-state index contributed by atoms with van der Waals surface area (Å²) in [4.78, 5) is 17.9. The van der Waals surface area contributed by atoms with E-state index in [0.29, 0.717) is 18.7 Å². The van der Waals surface area contributed by atoms with Gasteiger partial charge in [-0.3, -0.25) is 14.7 Å². The van der Waals surface area contributed by atoms with Gasteiger partial charge in [0.25, 0.3) is 0 Å². The number of carbonyl (C=O) groups is 1. The Morgan fingerprint density at radius 2 is 1.43 bits per heavy atom. The summed E-state index contributed by atoms with van der Waals surface area (Å²) in [6, 6.07) is 16.0. The molecule has 6 nitrogen and oxygen atoms in total. The summed E-state index contributed by atoms with van der Waals surface area (Å²) >= 11 is 0. The fourth-order valence-corrected chi connectivity index (χ4v) is 3.34. The number of aliphatic imine (C=N–C) groups is 1. The number of rotatable bonds is 7. The number of amides is 1. The summed E-state index contributed by atoms with van der Waals surface area (Å²) in [6.07, 6.45) is 2.65. The first-order valence-electron chi connectivity index (χ1n) is 9.77. The van der Waals surface area contributed by atoms with E-state index in [-0.39, 0.29) is 0 Å². The molecule has 1 aliphatic heterocycles. The van der Waals surface area contributed by atoms with E-state index in [1.807, 2.05) is 12.1 Å². The Bertz CT molecular complexity index is 793. The maximum atomic E-state index is 11.1. The van der Waals surface area contributed by atoms with Crippen LogP contribution in [0.3, 0.4) is 0 Å². The molecule has 1 amide bonds. The molecule has 0 saturated carbocycles. The third-order valence-corrected chi connectivity index (χ3v) is 5.01. The minimum atomic E-state index is -0.413. The van der Waals surface area contributed by atoms with E-state index < -0.39 is 5.91 Å². The molecular formula is C22H29N5O. The summed E-state index contributed by atoms with van der Waals surface area (Å²) < 4.78 is 0. The van der Waals surface area contributed by atoms with Crippen molar-refractivity contribution in [3.8, 4) is 0 Å². The molecule has 4 N–H and O–H groups in total. The van der Waals surface area contributed by atoms with Crippen molar-refractivity contribution >= 4 is 11.9 Å². The van der Waals surface area contributed by atoms with E-state index in [0.717, 1.165) is 18.1 Å². The summed E-state index contributed by atoms with van der Waals surface area (Å²) in [7, 11) is 1.75. The monoisotopic (exact) mass is 379 g/mol. The van der Waals surface area contributed by atoms with Crippen molar-refractivity contribution in [2.45, 2.75) is 32.5 Å². The highest BCUT2D eigenvalue weighted by Crippen LogP contribution is 2.13. The van der Waals surface area contributed by atoms with Crippen molar-refractivity contribution < 1.29 is 4.79 Å². The van der Waals surface area contributed by atoms with Crippen LogP contribution in [0.25, 0.3) is 0 Å². The molecule has 1 saturated heterocycles. The Labute approximate surface area is 166 Å². The second-order valence-electron chi connectivity index (χ2n) is 7.14. The largest absolute Gasteiger partial charge is 0.366 e. The van der Waals surface area contributed by atoms with Crippen LogP contribution in [0.5, 0.6) is 0 Å². The van der Waals surface area contributed by atoms with Gasteiger partial charge in [0.1, 0.15) is 0 Å². The molecule has 28 heavy (non-hydrogen) atoms. The minimum Gasteiger partial charge on any atom is -0.366 e. The fourth-order valence-electron chi connectivity index (χ4n) is 3.34. The molecule has 0 bridgehead atoms. The van der Waals surface area contributed by atoms with Crippen molar-refractivity contribution in [3.63, 3.8) is 0 Å². The lowest BCUT2D eigenvalue weighted by Gasteiger charge is -2.15. The van der Waals surface area contributed by atoms with Crippen molar-refractivity contribution in [1.29, 1.82) is 0 Å². The molecule has 2 aromatic carbocycles. The molecule has 1 fully saturated rings. The van der Waals surface area contributed by atoms with Gasteiger partial charge in [-0.2, -0.15) is 0 Å². The third kappa shape index (κ3) is 5.82. The molecule has 6 heteroatoms. The first kappa shape index (κ1) is 19.9. The van der Waals surface area contributed by atoms with Crippen molar-refractivity contribution in [2.75, 3.05) is 20.1 Å². The number of hydrogen-bond donors (Lipinski definition) is 3. The van der Waals surface area contributed by atoms with Gasteiger partial charge in [-0.15, -0.1) is 0 Å². The molecule has 1 heterocycles. The maximum Gasteiger partial charge on any atom is 0.248 e. The lowest BCUT2D eigenvalue weighted by Crippen LogP contribution is -2.36. The van der Waals surface area contributed by atoms with Gasteiger partial charge in [0.05, 0.1) is 0 Å². The van der Waals surface area contributed by atoms with E-state index in [1.165, 1.54) is 37.1 Å². The first-order chi connectivity index (χ1) is 13.6. The molecule has 1 aliphatic rings. The normalized spacial score (nSPS) is 14.8. The maximum absolute atomic E-state index is 11.1. The van der Waals surface area contributed by atoms with E-state index in [9.17, 15) is 4.79 Å². The van der Waals surface area contributed by atoms with E-state index in [1.54, 1.807) is 19.2 Å². The molecule has 0 spiro atoms. The zero-order valence-electron chi connectivity index (χ0n) is 16.4. The number of nitrogens with zero attached hydrogens (tertiary/aromatic N) is 2. The average Bonchev–Trinajstić information content (AvgIpc) is 3.22. The van der Waals surface area contributed by atoms with Crippen LogP contribution < -0.4 is 16.4 Å². The Morgan fingerprint density at radius 3 is 1.93 bits per heavy atom. The summed E-state index contributed by atoms with van der Waals surface area (Å²) in [5, 5.41) is 6.61. The highest BCUT2D eigenvalue weighted by atomic mass is 16.1. The zero-order chi connectivity index (χ0) is 19.8. The molecule has 0 atom stereocenters. The van der Waals surface area contributed by atoms with Gasteiger partial charge in [0.15, 0.2) is 5.96 Å². The molecule has 0 aromatic heterocycles. The molecule has 2 aromatic rings. The topological polar surface area (TPSA) is 82.8 Å². The number of benzene rings is 2. The van der Waals surface area contributed by atoms with Crippen LogP contribution in [0.1, 0.15) is 39.9 Å². The number of nitrogens with two attached hydrogens (primary N) is 1. The predicted molar refractivity (Wildman–Crippen MR) is 113 cm³/mol. The van der Waals surface area contributed by atoms with Crippen LogP contribution in [-0.4, -0.2) is 36.9 Å². The second kappa shape index (κ2) is 9.90. The van der Waals surface area contributed by atoms with E-state index in [2.05, 4.69) is 44.8 Å². The fraction of sp³-hybridized carbons (Fsp3) is 0.364. The summed E-state index contributed by atoms with van der Waals surface area (Å²) in [6.45, 7) is 4.82. The SMILES string of the molecule is CN=C(NCc1ccc(CN2CCCC2)cc1)NCc1ccc(C(N)=O)cc1. The van der Waals surface area contributed by atoms with Crippen molar-refractivity contribution in [2.24, 2.45) is 10.7 Å². The Balaban J connectivity index is 1.45. The van der Waals surface area contributed by atoms with Gasteiger partial charge < -0.3 is 16.4 Å². The van der Waals surface area contributed by atoms with Gasteiger partial charge in [-0.05, 0) is 54.8 Å². The van der Waals surface area contributed by atoms with Gasteiger partial charge in [-0.1, -0.05) is 36.4 Å². The highest BCUT2D eigenvalue weighted by molar-refractivity contribution is 5.92. The van der Waals surface area contributed by atoms with E-state index >= 15 is 0 Å². The molecule has 148 valence electrons. The number of carbonyl (C=O) groups excluding carboxylic acids is 1. The summed E-state index contributed by atoms with van der Waals surface area (Å²) in [5.74, 6) is 0.323. The van der Waals surface area contributed by atoms with Crippen LogP contribution in [0.2, 0.25) is 0 Å². The number of hydrogen-bond acceptors (Lipinski definition) is 3. The molecule has 0 radical (unpaired) electrons. The van der Waals surface area contributed by atoms with Gasteiger partial charge >= 0.3 is 0 Å².